The molecule has 1 aliphatic rings. The van der Waals surface area contributed by atoms with E-state index in [1.54, 1.807) is 6.92 Å². The van der Waals surface area contributed by atoms with Crippen molar-refractivity contribution >= 4 is 0 Å². The van der Waals surface area contributed by atoms with Crippen LogP contribution in [0.3, 0.4) is 0 Å². The summed E-state index contributed by atoms with van der Waals surface area (Å²) in [5, 5.41) is 18.4. The standard InChI is InChI=1S/C9H19NO2/c1-7(11)5-10-4-3-9(6-10)8(2)12/h7-9,11-12H,3-6H2,1-2H3. The highest BCUT2D eigenvalue weighted by atomic mass is 16.3. The zero-order chi connectivity index (χ0) is 9.14. The molecule has 1 fully saturated rings. The summed E-state index contributed by atoms with van der Waals surface area (Å²) in [5.74, 6) is 0.406. The average Bonchev–Trinajstić information content (AvgIpc) is 2.34. The molecule has 0 amide bonds. The number of rotatable bonds is 3. The van der Waals surface area contributed by atoms with E-state index < -0.39 is 0 Å². The zero-order valence-electron chi connectivity index (χ0n) is 7.90. The van der Waals surface area contributed by atoms with E-state index in [1.165, 1.54) is 0 Å². The van der Waals surface area contributed by atoms with Crippen LogP contribution in [0.1, 0.15) is 20.3 Å². The van der Waals surface area contributed by atoms with Crippen molar-refractivity contribution in [3.05, 3.63) is 0 Å². The van der Waals surface area contributed by atoms with Gasteiger partial charge in [0.2, 0.25) is 0 Å². The number of nitrogens with zero attached hydrogens (tertiary/aromatic N) is 1. The Balaban J connectivity index is 2.26. The molecule has 3 heteroatoms. The molecule has 3 unspecified atom stereocenters. The largest absolute Gasteiger partial charge is 0.393 e. The highest BCUT2D eigenvalue weighted by molar-refractivity contribution is 4.79. The normalized spacial score (nSPS) is 30.5. The Morgan fingerprint density at radius 1 is 1.42 bits per heavy atom. The number of likely N-dealkylation sites (tertiary alicyclic amines) is 1. The number of β-amino-alcohol motifs (C(OH)–C–C–N with tert-alkyl or cyclic N) is 1. The summed E-state index contributed by atoms with van der Waals surface area (Å²) >= 11 is 0. The van der Waals surface area contributed by atoms with Crippen LogP contribution in [0.5, 0.6) is 0 Å². The maximum absolute atomic E-state index is 9.31. The summed E-state index contributed by atoms with van der Waals surface area (Å²) in [6, 6.07) is 0. The van der Waals surface area contributed by atoms with E-state index in [0.29, 0.717) is 5.92 Å². The van der Waals surface area contributed by atoms with E-state index in [9.17, 15) is 5.11 Å². The van der Waals surface area contributed by atoms with E-state index in [0.717, 1.165) is 26.1 Å². The molecule has 0 bridgehead atoms. The number of aliphatic hydroxyl groups is 2. The van der Waals surface area contributed by atoms with Crippen LogP contribution in [0.4, 0.5) is 0 Å². The predicted octanol–water partition coefficient (Wildman–Crippen LogP) is 0.0699. The maximum Gasteiger partial charge on any atom is 0.0639 e. The summed E-state index contributed by atoms with van der Waals surface area (Å²) in [4.78, 5) is 2.21. The molecule has 0 spiro atoms. The van der Waals surface area contributed by atoms with Crippen LogP contribution in [-0.4, -0.2) is 47.0 Å². The van der Waals surface area contributed by atoms with Crippen LogP contribution in [-0.2, 0) is 0 Å². The van der Waals surface area contributed by atoms with Crippen molar-refractivity contribution in [3.8, 4) is 0 Å². The van der Waals surface area contributed by atoms with Crippen molar-refractivity contribution in [1.29, 1.82) is 0 Å². The van der Waals surface area contributed by atoms with Gasteiger partial charge in [0.25, 0.3) is 0 Å². The minimum atomic E-state index is -0.252. The van der Waals surface area contributed by atoms with Gasteiger partial charge in [-0.1, -0.05) is 0 Å². The monoisotopic (exact) mass is 173 g/mol. The van der Waals surface area contributed by atoms with Gasteiger partial charge in [-0.2, -0.15) is 0 Å². The first-order valence-electron chi connectivity index (χ1n) is 4.68. The fourth-order valence-electron chi connectivity index (χ4n) is 1.80. The highest BCUT2D eigenvalue weighted by Crippen LogP contribution is 2.19. The van der Waals surface area contributed by atoms with E-state index in [1.807, 2.05) is 6.92 Å². The fourth-order valence-corrected chi connectivity index (χ4v) is 1.80. The second-order valence-corrected chi connectivity index (χ2v) is 3.90. The van der Waals surface area contributed by atoms with Gasteiger partial charge in [-0.05, 0) is 32.7 Å². The predicted molar refractivity (Wildman–Crippen MR) is 47.9 cm³/mol. The first-order valence-corrected chi connectivity index (χ1v) is 4.68. The molecule has 0 radical (unpaired) electrons. The molecule has 0 aliphatic carbocycles. The van der Waals surface area contributed by atoms with Crippen LogP contribution in [0.15, 0.2) is 0 Å². The first kappa shape index (κ1) is 9.96. The number of hydrogen-bond donors (Lipinski definition) is 2. The SMILES string of the molecule is CC(O)CN1CCC(C(C)O)C1. The average molecular weight is 173 g/mol. The van der Waals surface area contributed by atoms with Gasteiger partial charge >= 0.3 is 0 Å². The summed E-state index contributed by atoms with van der Waals surface area (Å²) in [5.41, 5.74) is 0. The molecule has 3 nitrogen and oxygen atoms in total. The van der Waals surface area contributed by atoms with Crippen LogP contribution in [0, 0.1) is 5.92 Å². The lowest BCUT2D eigenvalue weighted by Gasteiger charge is -2.18. The number of hydrogen-bond acceptors (Lipinski definition) is 3. The van der Waals surface area contributed by atoms with Crippen molar-refractivity contribution in [3.63, 3.8) is 0 Å². The van der Waals surface area contributed by atoms with Crippen LogP contribution in [0.2, 0.25) is 0 Å². The smallest absolute Gasteiger partial charge is 0.0639 e. The zero-order valence-corrected chi connectivity index (χ0v) is 7.90. The van der Waals surface area contributed by atoms with E-state index in [2.05, 4.69) is 4.90 Å². The van der Waals surface area contributed by atoms with Crippen LogP contribution in [0.25, 0.3) is 0 Å². The van der Waals surface area contributed by atoms with Crippen LogP contribution < -0.4 is 0 Å². The van der Waals surface area contributed by atoms with Crippen LogP contribution >= 0.6 is 0 Å². The Bertz CT molecular complexity index is 136. The molecule has 0 saturated carbocycles. The topological polar surface area (TPSA) is 43.7 Å². The van der Waals surface area contributed by atoms with E-state index in [4.69, 9.17) is 5.11 Å². The lowest BCUT2D eigenvalue weighted by atomic mass is 10.0. The van der Waals surface area contributed by atoms with Gasteiger partial charge in [0.05, 0.1) is 12.2 Å². The van der Waals surface area contributed by atoms with Gasteiger partial charge in [0.1, 0.15) is 0 Å². The van der Waals surface area contributed by atoms with Crippen molar-refractivity contribution in [2.24, 2.45) is 5.92 Å². The molecular formula is C9H19NO2. The minimum absolute atomic E-state index is 0.205. The molecule has 1 heterocycles. The third-order valence-corrected chi connectivity index (χ3v) is 2.51. The molecule has 72 valence electrons. The third kappa shape index (κ3) is 2.73. The van der Waals surface area contributed by atoms with Gasteiger partial charge in [0, 0.05) is 13.1 Å². The van der Waals surface area contributed by atoms with Crippen molar-refractivity contribution in [2.45, 2.75) is 32.5 Å². The summed E-state index contributed by atoms with van der Waals surface area (Å²) in [7, 11) is 0. The number of aliphatic hydroxyl groups excluding tert-OH is 2. The molecule has 1 saturated heterocycles. The first-order chi connectivity index (χ1) is 5.59. The van der Waals surface area contributed by atoms with E-state index >= 15 is 0 Å². The Labute approximate surface area is 74.0 Å². The van der Waals surface area contributed by atoms with Gasteiger partial charge in [-0.25, -0.2) is 0 Å². The molecule has 1 aliphatic heterocycles. The summed E-state index contributed by atoms with van der Waals surface area (Å²) < 4.78 is 0. The quantitative estimate of drug-likeness (QED) is 0.635. The molecule has 0 aromatic heterocycles. The molecule has 12 heavy (non-hydrogen) atoms. The Morgan fingerprint density at radius 3 is 2.50 bits per heavy atom. The van der Waals surface area contributed by atoms with Crippen molar-refractivity contribution < 1.29 is 10.2 Å². The molecule has 3 atom stereocenters. The van der Waals surface area contributed by atoms with Gasteiger partial charge in [-0.15, -0.1) is 0 Å². The molecule has 0 aromatic rings. The Hall–Kier alpha value is -0.120. The Kier molecular flexibility index (Phi) is 3.50. The second-order valence-electron chi connectivity index (χ2n) is 3.90. The molecule has 1 rings (SSSR count). The lowest BCUT2D eigenvalue weighted by Crippen LogP contribution is -2.30. The van der Waals surface area contributed by atoms with Gasteiger partial charge < -0.3 is 15.1 Å². The van der Waals surface area contributed by atoms with Crippen molar-refractivity contribution in [2.75, 3.05) is 19.6 Å². The molecule has 2 N–H and O–H groups in total. The third-order valence-electron chi connectivity index (χ3n) is 2.51. The second kappa shape index (κ2) is 4.21. The molecule has 0 aromatic carbocycles. The van der Waals surface area contributed by atoms with E-state index in [-0.39, 0.29) is 12.2 Å². The fraction of sp³-hybridized carbons (Fsp3) is 1.00. The molecular weight excluding hydrogens is 154 g/mol. The summed E-state index contributed by atoms with van der Waals surface area (Å²) in [6.07, 6.45) is 0.603. The summed E-state index contributed by atoms with van der Waals surface area (Å²) in [6.45, 7) is 6.33. The maximum atomic E-state index is 9.31. The Morgan fingerprint density at radius 2 is 2.08 bits per heavy atom. The highest BCUT2D eigenvalue weighted by Gasteiger charge is 2.26. The van der Waals surface area contributed by atoms with Gasteiger partial charge in [-0.3, -0.25) is 0 Å². The van der Waals surface area contributed by atoms with Gasteiger partial charge in [0.15, 0.2) is 0 Å². The van der Waals surface area contributed by atoms with Crippen molar-refractivity contribution in [1.82, 2.24) is 4.90 Å². The lowest BCUT2D eigenvalue weighted by molar-refractivity contribution is 0.111. The minimum Gasteiger partial charge on any atom is -0.393 e.